The first kappa shape index (κ1) is 11.3. The van der Waals surface area contributed by atoms with Crippen LogP contribution in [0.2, 0.25) is 0 Å². The molecule has 0 aromatic carbocycles. The van der Waals surface area contributed by atoms with E-state index in [2.05, 4.69) is 12.2 Å². The molecule has 0 bridgehead atoms. The van der Waals surface area contributed by atoms with Crippen LogP contribution in [0.5, 0.6) is 0 Å². The zero-order valence-electron chi connectivity index (χ0n) is 8.79. The molecule has 82 valence electrons. The highest BCUT2D eigenvalue weighted by Crippen LogP contribution is 2.16. The molecule has 0 unspecified atom stereocenters. The quantitative estimate of drug-likeness (QED) is 0.674. The zero-order valence-corrected chi connectivity index (χ0v) is 8.79. The van der Waals surface area contributed by atoms with Gasteiger partial charge in [-0.05, 0) is 25.7 Å². The fraction of sp³-hybridized carbons (Fsp3) is 0.900. The van der Waals surface area contributed by atoms with Crippen molar-refractivity contribution >= 4 is 6.09 Å². The number of nitrogens with two attached hydrogens (primary N) is 1. The van der Waals surface area contributed by atoms with E-state index in [1.165, 1.54) is 0 Å². The molecule has 0 aliphatic heterocycles. The van der Waals surface area contributed by atoms with Gasteiger partial charge in [0.25, 0.3) is 0 Å². The van der Waals surface area contributed by atoms with E-state index in [1.54, 1.807) is 0 Å². The molecule has 1 rings (SSSR count). The lowest BCUT2D eigenvalue weighted by Gasteiger charge is -2.16. The van der Waals surface area contributed by atoms with E-state index in [9.17, 15) is 4.79 Å². The molecule has 14 heavy (non-hydrogen) atoms. The minimum atomic E-state index is -0.319. The summed E-state index contributed by atoms with van der Waals surface area (Å²) < 4.78 is 4.99. The molecule has 4 nitrogen and oxygen atoms in total. The summed E-state index contributed by atoms with van der Waals surface area (Å²) in [6.45, 7) is 2.57. The van der Waals surface area contributed by atoms with Gasteiger partial charge >= 0.3 is 6.09 Å². The fourth-order valence-electron chi connectivity index (χ4n) is 1.67. The summed E-state index contributed by atoms with van der Waals surface area (Å²) >= 11 is 0. The largest absolute Gasteiger partial charge is 0.450 e. The van der Waals surface area contributed by atoms with Gasteiger partial charge in [-0.25, -0.2) is 4.79 Å². The van der Waals surface area contributed by atoms with Crippen molar-refractivity contribution in [1.82, 2.24) is 5.32 Å². The van der Waals surface area contributed by atoms with Gasteiger partial charge in [-0.1, -0.05) is 13.3 Å². The third kappa shape index (κ3) is 3.54. The first-order valence-electron chi connectivity index (χ1n) is 5.43. The zero-order chi connectivity index (χ0) is 10.4. The molecule has 1 fully saturated rings. The number of amides is 1. The fourth-order valence-corrected chi connectivity index (χ4v) is 1.67. The molecule has 0 radical (unpaired) electrons. The Balaban J connectivity index is 2.13. The van der Waals surface area contributed by atoms with Crippen molar-refractivity contribution in [3.8, 4) is 0 Å². The van der Waals surface area contributed by atoms with E-state index < -0.39 is 0 Å². The topological polar surface area (TPSA) is 64.3 Å². The van der Waals surface area contributed by atoms with Crippen molar-refractivity contribution in [2.75, 3.05) is 6.61 Å². The molecule has 0 saturated heterocycles. The number of carbonyl (C=O) groups is 1. The highest BCUT2D eigenvalue weighted by Gasteiger charge is 2.25. The number of hydrogen-bond acceptors (Lipinski definition) is 3. The summed E-state index contributed by atoms with van der Waals surface area (Å²) in [7, 11) is 0. The number of carbonyl (C=O) groups excluding carboxylic acids is 1. The van der Waals surface area contributed by atoms with Gasteiger partial charge in [0, 0.05) is 12.1 Å². The average Bonchev–Trinajstić information content (AvgIpc) is 2.52. The van der Waals surface area contributed by atoms with Gasteiger partial charge in [0.15, 0.2) is 0 Å². The minimum absolute atomic E-state index is 0.105. The van der Waals surface area contributed by atoms with Crippen LogP contribution in [0.3, 0.4) is 0 Å². The molecule has 0 spiro atoms. The minimum Gasteiger partial charge on any atom is -0.450 e. The predicted molar refractivity (Wildman–Crippen MR) is 55.0 cm³/mol. The lowest BCUT2D eigenvalue weighted by molar-refractivity contribution is 0.140. The van der Waals surface area contributed by atoms with Crippen molar-refractivity contribution in [2.24, 2.45) is 5.73 Å². The molecule has 0 aromatic heterocycles. The van der Waals surface area contributed by atoms with Gasteiger partial charge in [0.05, 0.1) is 6.61 Å². The molecule has 0 aromatic rings. The molecule has 3 N–H and O–H groups in total. The molecular weight excluding hydrogens is 180 g/mol. The number of ether oxygens (including phenoxy) is 1. The first-order valence-corrected chi connectivity index (χ1v) is 5.43. The van der Waals surface area contributed by atoms with E-state index in [4.69, 9.17) is 10.5 Å². The Morgan fingerprint density at radius 3 is 2.93 bits per heavy atom. The number of hydrogen-bond donors (Lipinski definition) is 2. The van der Waals surface area contributed by atoms with Crippen molar-refractivity contribution in [3.05, 3.63) is 0 Å². The van der Waals surface area contributed by atoms with Gasteiger partial charge in [-0.3, -0.25) is 0 Å². The molecule has 0 heterocycles. The van der Waals surface area contributed by atoms with Crippen LogP contribution in [0.4, 0.5) is 4.79 Å². The Hall–Kier alpha value is -0.770. The second-order valence-corrected chi connectivity index (χ2v) is 3.84. The third-order valence-electron chi connectivity index (χ3n) is 2.60. The summed E-state index contributed by atoms with van der Waals surface area (Å²) in [5.74, 6) is 0. The van der Waals surface area contributed by atoms with Crippen LogP contribution in [-0.4, -0.2) is 24.8 Å². The molecular formula is C10H20N2O2. The molecule has 2 atom stereocenters. The summed E-state index contributed by atoms with van der Waals surface area (Å²) in [5.41, 5.74) is 5.81. The highest BCUT2D eigenvalue weighted by atomic mass is 16.5. The highest BCUT2D eigenvalue weighted by molar-refractivity contribution is 5.67. The Kier molecular flexibility index (Phi) is 4.73. The SMILES string of the molecule is CCCCOC(=O)N[C@H]1CCC[C@@H]1N. The smallest absolute Gasteiger partial charge is 0.407 e. The van der Waals surface area contributed by atoms with Crippen LogP contribution < -0.4 is 11.1 Å². The molecule has 1 amide bonds. The van der Waals surface area contributed by atoms with E-state index in [0.29, 0.717) is 6.61 Å². The van der Waals surface area contributed by atoms with Crippen molar-refractivity contribution in [1.29, 1.82) is 0 Å². The Morgan fingerprint density at radius 1 is 1.57 bits per heavy atom. The maximum Gasteiger partial charge on any atom is 0.407 e. The lowest BCUT2D eigenvalue weighted by atomic mass is 10.2. The molecule has 1 aliphatic rings. The van der Waals surface area contributed by atoms with Gasteiger partial charge in [-0.15, -0.1) is 0 Å². The normalized spacial score (nSPS) is 26.1. The van der Waals surface area contributed by atoms with E-state index in [1.807, 2.05) is 0 Å². The number of rotatable bonds is 4. The number of alkyl carbamates (subject to hydrolysis) is 1. The van der Waals surface area contributed by atoms with Gasteiger partial charge in [0.1, 0.15) is 0 Å². The van der Waals surface area contributed by atoms with Gasteiger partial charge in [-0.2, -0.15) is 0 Å². The summed E-state index contributed by atoms with van der Waals surface area (Å²) in [4.78, 5) is 11.2. The summed E-state index contributed by atoms with van der Waals surface area (Å²) in [5, 5.41) is 2.80. The van der Waals surface area contributed by atoms with Crippen LogP contribution in [0.1, 0.15) is 39.0 Å². The third-order valence-corrected chi connectivity index (χ3v) is 2.60. The molecule has 1 saturated carbocycles. The standard InChI is InChI=1S/C10H20N2O2/c1-2-3-7-14-10(13)12-9-6-4-5-8(9)11/h8-9H,2-7,11H2,1H3,(H,12,13)/t8-,9-/m0/s1. The number of unbranched alkanes of at least 4 members (excludes halogenated alkanes) is 1. The van der Waals surface area contributed by atoms with E-state index >= 15 is 0 Å². The Morgan fingerprint density at radius 2 is 2.36 bits per heavy atom. The Labute approximate surface area is 85.2 Å². The van der Waals surface area contributed by atoms with E-state index in [-0.39, 0.29) is 18.2 Å². The van der Waals surface area contributed by atoms with Crippen LogP contribution in [-0.2, 0) is 4.74 Å². The van der Waals surface area contributed by atoms with Crippen molar-refractivity contribution in [2.45, 2.75) is 51.1 Å². The lowest BCUT2D eigenvalue weighted by Crippen LogP contribution is -2.44. The maximum absolute atomic E-state index is 11.2. The first-order chi connectivity index (χ1) is 6.74. The molecule has 1 aliphatic carbocycles. The van der Waals surface area contributed by atoms with Crippen molar-refractivity contribution in [3.63, 3.8) is 0 Å². The monoisotopic (exact) mass is 200 g/mol. The van der Waals surface area contributed by atoms with Crippen LogP contribution in [0.15, 0.2) is 0 Å². The maximum atomic E-state index is 11.2. The molecule has 4 heteroatoms. The average molecular weight is 200 g/mol. The van der Waals surface area contributed by atoms with Gasteiger partial charge in [0.2, 0.25) is 0 Å². The van der Waals surface area contributed by atoms with Gasteiger partial charge < -0.3 is 15.8 Å². The van der Waals surface area contributed by atoms with Crippen LogP contribution in [0, 0.1) is 0 Å². The summed E-state index contributed by atoms with van der Waals surface area (Å²) in [6.07, 6.45) is 4.71. The second-order valence-electron chi connectivity index (χ2n) is 3.84. The summed E-state index contributed by atoms with van der Waals surface area (Å²) in [6, 6.07) is 0.220. The van der Waals surface area contributed by atoms with Crippen LogP contribution in [0.25, 0.3) is 0 Å². The van der Waals surface area contributed by atoms with E-state index in [0.717, 1.165) is 32.1 Å². The Bertz CT molecular complexity index is 185. The van der Waals surface area contributed by atoms with Crippen molar-refractivity contribution < 1.29 is 9.53 Å². The predicted octanol–water partition coefficient (Wildman–Crippen LogP) is 1.39. The second kappa shape index (κ2) is 5.86. The van der Waals surface area contributed by atoms with Crippen LogP contribution >= 0.6 is 0 Å². The number of nitrogens with one attached hydrogen (secondary N) is 1.